The summed E-state index contributed by atoms with van der Waals surface area (Å²) < 4.78 is 11.6. The van der Waals surface area contributed by atoms with E-state index < -0.39 is 4.92 Å². The highest BCUT2D eigenvalue weighted by Gasteiger charge is 2.15. The van der Waals surface area contributed by atoms with Gasteiger partial charge in [0.1, 0.15) is 18.2 Å². The van der Waals surface area contributed by atoms with Crippen molar-refractivity contribution < 1.29 is 14.4 Å². The first-order chi connectivity index (χ1) is 11.5. The van der Waals surface area contributed by atoms with Crippen LogP contribution in [0.1, 0.15) is 5.69 Å². The highest BCUT2D eigenvalue weighted by molar-refractivity contribution is 5.42. The quantitative estimate of drug-likeness (QED) is 0.492. The van der Waals surface area contributed by atoms with Crippen molar-refractivity contribution in [2.24, 2.45) is 0 Å². The number of anilines is 1. The van der Waals surface area contributed by atoms with Gasteiger partial charge in [0.25, 0.3) is 5.95 Å². The third-order valence-corrected chi connectivity index (χ3v) is 3.27. The Bertz CT molecular complexity index is 682. The standard InChI is InChI=1S/C14H20N6O4/c1-11-8-13(18(4-6-23-2)5-7-24-3)17-14(16-11)19-10-12(9-15-19)20(21)22/h8-10H,4-7H2,1-3H3. The van der Waals surface area contributed by atoms with Crippen LogP contribution in [0.2, 0.25) is 0 Å². The van der Waals surface area contributed by atoms with Crippen molar-refractivity contribution in [1.82, 2.24) is 19.7 Å². The second-order valence-corrected chi connectivity index (χ2v) is 5.04. The molecule has 0 N–H and O–H groups in total. The topological polar surface area (TPSA) is 108 Å². The van der Waals surface area contributed by atoms with Crippen molar-refractivity contribution in [3.63, 3.8) is 0 Å². The molecule has 0 radical (unpaired) electrons. The molecule has 2 aromatic rings. The van der Waals surface area contributed by atoms with Crippen molar-refractivity contribution in [1.29, 1.82) is 0 Å². The predicted octanol–water partition coefficient (Wildman–Crippen LogP) is 0.978. The van der Waals surface area contributed by atoms with Gasteiger partial charge in [-0.3, -0.25) is 10.1 Å². The summed E-state index contributed by atoms with van der Waals surface area (Å²) in [5.41, 5.74) is 0.616. The molecule has 0 fully saturated rings. The van der Waals surface area contributed by atoms with Crippen LogP contribution in [0.4, 0.5) is 11.5 Å². The van der Waals surface area contributed by atoms with Gasteiger partial charge < -0.3 is 14.4 Å². The second kappa shape index (κ2) is 8.31. The van der Waals surface area contributed by atoms with Crippen LogP contribution < -0.4 is 4.90 Å². The summed E-state index contributed by atoms with van der Waals surface area (Å²) in [6.45, 7) is 4.17. The summed E-state index contributed by atoms with van der Waals surface area (Å²) >= 11 is 0. The Morgan fingerprint density at radius 1 is 1.25 bits per heavy atom. The molecular weight excluding hydrogens is 316 g/mol. The maximum Gasteiger partial charge on any atom is 0.307 e. The van der Waals surface area contributed by atoms with Crippen LogP contribution in [0.5, 0.6) is 0 Å². The minimum absolute atomic E-state index is 0.114. The van der Waals surface area contributed by atoms with E-state index in [0.717, 1.165) is 5.69 Å². The Balaban J connectivity index is 2.32. The molecule has 0 bridgehead atoms. The van der Waals surface area contributed by atoms with E-state index in [4.69, 9.17) is 9.47 Å². The van der Waals surface area contributed by atoms with Crippen LogP contribution in [-0.2, 0) is 9.47 Å². The number of nitrogens with zero attached hydrogens (tertiary/aromatic N) is 6. The van der Waals surface area contributed by atoms with Gasteiger partial charge in [0, 0.05) is 39.1 Å². The van der Waals surface area contributed by atoms with Crippen LogP contribution in [-0.4, -0.2) is 65.2 Å². The van der Waals surface area contributed by atoms with E-state index in [2.05, 4.69) is 15.1 Å². The van der Waals surface area contributed by atoms with E-state index in [-0.39, 0.29) is 11.6 Å². The number of hydrogen-bond acceptors (Lipinski definition) is 8. The minimum Gasteiger partial charge on any atom is -0.383 e. The summed E-state index contributed by atoms with van der Waals surface area (Å²) in [4.78, 5) is 21.1. The van der Waals surface area contributed by atoms with Crippen molar-refractivity contribution in [2.75, 3.05) is 45.4 Å². The SMILES string of the molecule is COCCN(CCOC)c1cc(C)nc(-n2cc([N+](=O)[O-])cn2)n1. The fourth-order valence-electron chi connectivity index (χ4n) is 2.06. The average Bonchev–Trinajstić information content (AvgIpc) is 3.05. The first-order valence-corrected chi connectivity index (χ1v) is 7.33. The molecule has 0 aliphatic carbocycles. The highest BCUT2D eigenvalue weighted by Crippen LogP contribution is 2.16. The number of hydrogen-bond donors (Lipinski definition) is 0. The van der Waals surface area contributed by atoms with Crippen LogP contribution in [0.3, 0.4) is 0 Å². The second-order valence-electron chi connectivity index (χ2n) is 5.04. The molecule has 0 aromatic carbocycles. The first-order valence-electron chi connectivity index (χ1n) is 7.33. The molecule has 0 saturated carbocycles. The number of ether oxygens (including phenoxy) is 2. The van der Waals surface area contributed by atoms with Crippen LogP contribution in [0, 0.1) is 17.0 Å². The highest BCUT2D eigenvalue weighted by atomic mass is 16.6. The summed E-state index contributed by atoms with van der Waals surface area (Å²) in [5.74, 6) is 0.961. The van der Waals surface area contributed by atoms with Crippen LogP contribution in [0.15, 0.2) is 18.5 Å². The van der Waals surface area contributed by atoms with Crippen LogP contribution >= 0.6 is 0 Å². The maximum atomic E-state index is 10.8. The lowest BCUT2D eigenvalue weighted by Gasteiger charge is -2.23. The molecule has 0 saturated heterocycles. The molecule has 2 aromatic heterocycles. The minimum atomic E-state index is -0.510. The number of methoxy groups -OCH3 is 2. The summed E-state index contributed by atoms with van der Waals surface area (Å²) in [7, 11) is 3.27. The third kappa shape index (κ3) is 4.46. The predicted molar refractivity (Wildman–Crippen MR) is 86.5 cm³/mol. The van der Waals surface area contributed by atoms with E-state index in [1.165, 1.54) is 17.1 Å². The molecule has 10 nitrogen and oxygen atoms in total. The van der Waals surface area contributed by atoms with Gasteiger partial charge in [0.15, 0.2) is 0 Å². The molecule has 2 heterocycles. The van der Waals surface area contributed by atoms with Gasteiger partial charge in [-0.25, -0.2) is 4.98 Å². The Hall–Kier alpha value is -2.59. The monoisotopic (exact) mass is 336 g/mol. The molecule has 0 aliphatic heterocycles. The Morgan fingerprint density at radius 2 is 1.92 bits per heavy atom. The Labute approximate surface area is 139 Å². The maximum absolute atomic E-state index is 10.8. The number of aromatic nitrogens is 4. The fraction of sp³-hybridized carbons (Fsp3) is 0.500. The van der Waals surface area contributed by atoms with E-state index >= 15 is 0 Å². The van der Waals surface area contributed by atoms with Gasteiger partial charge in [0.2, 0.25) is 0 Å². The molecule has 0 spiro atoms. The van der Waals surface area contributed by atoms with Crippen molar-refractivity contribution in [3.05, 3.63) is 34.3 Å². The average molecular weight is 336 g/mol. The lowest BCUT2D eigenvalue weighted by molar-refractivity contribution is -0.384. The van der Waals surface area contributed by atoms with Crippen molar-refractivity contribution >= 4 is 11.5 Å². The molecule has 24 heavy (non-hydrogen) atoms. The van der Waals surface area contributed by atoms with Gasteiger partial charge in [-0.05, 0) is 6.92 Å². The summed E-state index contributed by atoms with van der Waals surface area (Å²) in [6, 6.07) is 1.84. The molecule has 0 amide bonds. The zero-order valence-corrected chi connectivity index (χ0v) is 13.9. The zero-order valence-electron chi connectivity index (χ0n) is 13.9. The molecule has 0 aliphatic rings. The van der Waals surface area contributed by atoms with Crippen molar-refractivity contribution in [2.45, 2.75) is 6.92 Å². The smallest absolute Gasteiger partial charge is 0.307 e. The van der Waals surface area contributed by atoms with Gasteiger partial charge in [-0.1, -0.05) is 0 Å². The van der Waals surface area contributed by atoms with E-state index in [1.807, 2.05) is 17.9 Å². The molecular formula is C14H20N6O4. The zero-order chi connectivity index (χ0) is 17.5. The Kier molecular flexibility index (Phi) is 6.15. The van der Waals surface area contributed by atoms with Gasteiger partial charge in [-0.15, -0.1) is 0 Å². The summed E-state index contributed by atoms with van der Waals surface area (Å²) in [5, 5.41) is 14.8. The number of aryl methyl sites for hydroxylation is 1. The molecule has 2 rings (SSSR count). The Morgan fingerprint density at radius 3 is 2.46 bits per heavy atom. The van der Waals surface area contributed by atoms with E-state index in [9.17, 15) is 10.1 Å². The summed E-state index contributed by atoms with van der Waals surface area (Å²) in [6.07, 6.45) is 2.45. The largest absolute Gasteiger partial charge is 0.383 e. The molecule has 130 valence electrons. The van der Waals surface area contributed by atoms with Crippen molar-refractivity contribution in [3.8, 4) is 5.95 Å². The molecule has 0 unspecified atom stereocenters. The van der Waals surface area contributed by atoms with Gasteiger partial charge >= 0.3 is 5.69 Å². The number of rotatable bonds is 9. The molecule has 10 heteroatoms. The van der Waals surface area contributed by atoms with Crippen LogP contribution in [0.25, 0.3) is 5.95 Å². The van der Waals surface area contributed by atoms with E-state index in [1.54, 1.807) is 14.2 Å². The first kappa shape index (κ1) is 17.8. The molecule has 0 atom stereocenters. The number of nitro groups is 1. The lowest BCUT2D eigenvalue weighted by Crippen LogP contribution is -2.31. The van der Waals surface area contributed by atoms with E-state index in [0.29, 0.717) is 32.1 Å². The van der Waals surface area contributed by atoms with Gasteiger partial charge in [-0.2, -0.15) is 14.8 Å². The lowest BCUT2D eigenvalue weighted by atomic mass is 10.3. The van der Waals surface area contributed by atoms with Gasteiger partial charge in [0.05, 0.1) is 18.1 Å². The third-order valence-electron chi connectivity index (χ3n) is 3.27. The fourth-order valence-corrected chi connectivity index (χ4v) is 2.06. The normalized spacial score (nSPS) is 10.8.